The van der Waals surface area contributed by atoms with Gasteiger partial charge in [0.1, 0.15) is 0 Å². The van der Waals surface area contributed by atoms with Crippen molar-refractivity contribution in [3.63, 3.8) is 0 Å². The maximum absolute atomic E-state index is 12.2. The molecule has 0 aliphatic rings. The van der Waals surface area contributed by atoms with Gasteiger partial charge in [-0.05, 0) is 30.3 Å². The minimum Gasteiger partial charge on any atom is -0.493 e. The lowest BCUT2D eigenvalue weighted by atomic mass is 10.1. The van der Waals surface area contributed by atoms with E-state index in [1.54, 1.807) is 43.5 Å². The van der Waals surface area contributed by atoms with E-state index in [0.29, 0.717) is 33.5 Å². The number of carbonyl (C=O) groups excluding carboxylic acids is 1. The van der Waals surface area contributed by atoms with Crippen LogP contribution in [0.25, 0.3) is 0 Å². The summed E-state index contributed by atoms with van der Waals surface area (Å²) in [6, 6.07) is 10.4. The maximum Gasteiger partial charge on any atom is 0.228 e. The highest BCUT2D eigenvalue weighted by Gasteiger charge is 2.17. The van der Waals surface area contributed by atoms with Gasteiger partial charge >= 0.3 is 0 Å². The summed E-state index contributed by atoms with van der Waals surface area (Å²) < 4.78 is 15.9. The third-order valence-electron chi connectivity index (χ3n) is 3.26. The van der Waals surface area contributed by atoms with Crippen molar-refractivity contribution in [3.8, 4) is 17.2 Å². The molecule has 1 N–H and O–H groups in total. The van der Waals surface area contributed by atoms with Gasteiger partial charge in [-0.1, -0.05) is 17.7 Å². The fourth-order valence-corrected chi connectivity index (χ4v) is 2.34. The predicted molar refractivity (Wildman–Crippen MR) is 89.9 cm³/mol. The molecule has 0 aromatic heterocycles. The van der Waals surface area contributed by atoms with Crippen molar-refractivity contribution in [2.75, 3.05) is 26.6 Å². The van der Waals surface area contributed by atoms with Gasteiger partial charge in [-0.15, -0.1) is 0 Å². The molecule has 0 atom stereocenters. The van der Waals surface area contributed by atoms with E-state index in [1.807, 2.05) is 0 Å². The summed E-state index contributed by atoms with van der Waals surface area (Å²) >= 11 is 5.82. The second-order valence-corrected chi connectivity index (χ2v) is 5.16. The summed E-state index contributed by atoms with van der Waals surface area (Å²) in [4.78, 5) is 12.2. The van der Waals surface area contributed by atoms with Crippen molar-refractivity contribution < 1.29 is 19.0 Å². The van der Waals surface area contributed by atoms with Crippen molar-refractivity contribution >= 4 is 23.2 Å². The van der Waals surface area contributed by atoms with Crippen LogP contribution in [0.15, 0.2) is 36.4 Å². The quantitative estimate of drug-likeness (QED) is 0.877. The van der Waals surface area contributed by atoms with Crippen LogP contribution in [0.1, 0.15) is 5.56 Å². The number of ether oxygens (including phenoxy) is 3. The highest BCUT2D eigenvalue weighted by atomic mass is 35.5. The van der Waals surface area contributed by atoms with Crippen LogP contribution in [0.4, 0.5) is 5.69 Å². The molecule has 0 saturated heterocycles. The van der Waals surface area contributed by atoms with Crippen LogP contribution in [0.3, 0.4) is 0 Å². The third-order valence-corrected chi connectivity index (χ3v) is 3.52. The van der Waals surface area contributed by atoms with Crippen molar-refractivity contribution in [2.24, 2.45) is 0 Å². The number of hydrogen-bond donors (Lipinski definition) is 1. The first kappa shape index (κ1) is 17.0. The largest absolute Gasteiger partial charge is 0.493 e. The van der Waals surface area contributed by atoms with Gasteiger partial charge < -0.3 is 19.5 Å². The number of halogens is 1. The van der Waals surface area contributed by atoms with Gasteiger partial charge in [0.15, 0.2) is 11.5 Å². The molecule has 6 heteroatoms. The predicted octanol–water partition coefficient (Wildman–Crippen LogP) is 3.55. The van der Waals surface area contributed by atoms with Crippen molar-refractivity contribution in [3.05, 3.63) is 47.0 Å². The number of carbonyl (C=O) groups is 1. The summed E-state index contributed by atoms with van der Waals surface area (Å²) in [6.07, 6.45) is 0.145. The van der Waals surface area contributed by atoms with Crippen LogP contribution in [0.2, 0.25) is 5.02 Å². The van der Waals surface area contributed by atoms with E-state index in [-0.39, 0.29) is 12.3 Å². The number of benzene rings is 2. The van der Waals surface area contributed by atoms with Crippen LogP contribution < -0.4 is 19.5 Å². The summed E-state index contributed by atoms with van der Waals surface area (Å²) in [5.41, 5.74) is 1.38. The van der Waals surface area contributed by atoms with Crippen molar-refractivity contribution in [1.82, 2.24) is 0 Å². The van der Waals surface area contributed by atoms with E-state index in [2.05, 4.69) is 5.32 Å². The van der Waals surface area contributed by atoms with Crippen LogP contribution >= 0.6 is 11.6 Å². The van der Waals surface area contributed by atoms with Gasteiger partial charge in [0.25, 0.3) is 0 Å². The number of methoxy groups -OCH3 is 3. The monoisotopic (exact) mass is 335 g/mol. The molecule has 0 bridgehead atoms. The van der Waals surface area contributed by atoms with E-state index in [4.69, 9.17) is 25.8 Å². The van der Waals surface area contributed by atoms with E-state index < -0.39 is 0 Å². The number of nitrogens with one attached hydrogen (secondary N) is 1. The molecule has 0 unspecified atom stereocenters. The smallest absolute Gasteiger partial charge is 0.228 e. The molecule has 1 amide bonds. The minimum absolute atomic E-state index is 0.145. The molecule has 2 rings (SSSR count). The molecule has 0 aliphatic heterocycles. The Bertz CT molecular complexity index is 686. The Morgan fingerprint density at radius 3 is 2.17 bits per heavy atom. The van der Waals surface area contributed by atoms with Crippen molar-refractivity contribution in [1.29, 1.82) is 0 Å². The zero-order valence-corrected chi connectivity index (χ0v) is 13.9. The molecule has 23 heavy (non-hydrogen) atoms. The topological polar surface area (TPSA) is 56.8 Å². The second-order valence-electron chi connectivity index (χ2n) is 4.73. The summed E-state index contributed by atoms with van der Waals surface area (Å²) in [5, 5.41) is 3.43. The zero-order chi connectivity index (χ0) is 16.8. The first-order valence-corrected chi connectivity index (χ1v) is 7.30. The first-order chi connectivity index (χ1) is 11.1. The lowest BCUT2D eigenvalue weighted by Gasteiger charge is -2.15. The summed E-state index contributed by atoms with van der Waals surface area (Å²) in [6.45, 7) is 0. The molecule has 2 aromatic carbocycles. The van der Waals surface area contributed by atoms with Crippen LogP contribution in [0, 0.1) is 0 Å². The molecule has 122 valence electrons. The fraction of sp³-hybridized carbons (Fsp3) is 0.235. The molecule has 2 aromatic rings. The average molecular weight is 336 g/mol. The Kier molecular flexibility index (Phi) is 5.71. The Morgan fingerprint density at radius 2 is 1.61 bits per heavy atom. The highest BCUT2D eigenvalue weighted by molar-refractivity contribution is 6.30. The summed E-state index contributed by atoms with van der Waals surface area (Å²) in [5.74, 6) is 1.33. The summed E-state index contributed by atoms with van der Waals surface area (Å²) in [7, 11) is 4.60. The molecular formula is C17H18ClNO4. The number of amides is 1. The second kappa shape index (κ2) is 7.74. The Hall–Kier alpha value is -2.40. The fourth-order valence-electron chi connectivity index (χ4n) is 2.21. The van der Waals surface area contributed by atoms with Crippen molar-refractivity contribution in [2.45, 2.75) is 6.42 Å². The molecule has 0 fully saturated rings. The van der Waals surface area contributed by atoms with Gasteiger partial charge in [-0.3, -0.25) is 4.79 Å². The van der Waals surface area contributed by atoms with Gasteiger partial charge in [0, 0.05) is 16.3 Å². The molecule has 5 nitrogen and oxygen atoms in total. The molecule has 0 heterocycles. The first-order valence-electron chi connectivity index (χ1n) is 6.92. The van der Waals surface area contributed by atoms with Crippen LogP contribution in [-0.4, -0.2) is 27.2 Å². The van der Waals surface area contributed by atoms with Gasteiger partial charge in [0.05, 0.1) is 27.8 Å². The van der Waals surface area contributed by atoms with E-state index in [0.717, 1.165) is 0 Å². The van der Waals surface area contributed by atoms with Gasteiger partial charge in [-0.25, -0.2) is 0 Å². The SMILES string of the molecule is COc1ccc(CC(=O)Nc2ccc(Cl)cc2)c(OC)c1OC. The number of hydrogen-bond acceptors (Lipinski definition) is 4. The molecule has 0 spiro atoms. The van der Waals surface area contributed by atoms with E-state index >= 15 is 0 Å². The molecule has 0 saturated carbocycles. The number of rotatable bonds is 6. The highest BCUT2D eigenvalue weighted by Crippen LogP contribution is 2.39. The Balaban J connectivity index is 2.18. The van der Waals surface area contributed by atoms with Crippen LogP contribution in [-0.2, 0) is 11.2 Å². The van der Waals surface area contributed by atoms with Gasteiger partial charge in [0.2, 0.25) is 11.7 Å². The maximum atomic E-state index is 12.2. The Labute approximate surface area is 140 Å². The van der Waals surface area contributed by atoms with E-state index in [9.17, 15) is 4.79 Å². The van der Waals surface area contributed by atoms with Gasteiger partial charge in [-0.2, -0.15) is 0 Å². The lowest BCUT2D eigenvalue weighted by molar-refractivity contribution is -0.115. The standard InChI is InChI=1S/C17H18ClNO4/c1-21-14-9-4-11(16(22-2)17(14)23-3)10-15(20)19-13-7-5-12(18)6-8-13/h4-9H,10H2,1-3H3,(H,19,20). The average Bonchev–Trinajstić information content (AvgIpc) is 2.56. The van der Waals surface area contributed by atoms with Crippen LogP contribution in [0.5, 0.6) is 17.2 Å². The minimum atomic E-state index is -0.169. The van der Waals surface area contributed by atoms with E-state index in [1.165, 1.54) is 14.2 Å². The molecule has 0 radical (unpaired) electrons. The number of anilines is 1. The third kappa shape index (κ3) is 4.07. The Morgan fingerprint density at radius 1 is 0.957 bits per heavy atom. The normalized spacial score (nSPS) is 10.1. The molecular weight excluding hydrogens is 318 g/mol. The molecule has 0 aliphatic carbocycles. The zero-order valence-electron chi connectivity index (χ0n) is 13.2. The lowest BCUT2D eigenvalue weighted by Crippen LogP contribution is -2.15.